The Morgan fingerprint density at radius 3 is 2.86 bits per heavy atom. The van der Waals surface area contributed by atoms with Crippen molar-refractivity contribution in [3.8, 4) is 0 Å². The van der Waals surface area contributed by atoms with Gasteiger partial charge in [0.1, 0.15) is 5.82 Å². The second-order valence-electron chi connectivity index (χ2n) is 7.81. The number of aryl methyl sites for hydroxylation is 1. The predicted octanol–water partition coefficient (Wildman–Crippen LogP) is 2.01. The van der Waals surface area contributed by atoms with E-state index in [-0.39, 0.29) is 6.03 Å². The Bertz CT molecular complexity index is 799. The van der Waals surface area contributed by atoms with Crippen molar-refractivity contribution in [3.05, 3.63) is 30.1 Å². The largest absolute Gasteiger partial charge is 0.379 e. The number of fused-ring (bicyclic) bond motifs is 1. The lowest BCUT2D eigenvalue weighted by molar-refractivity contribution is 0.0221. The Labute approximate surface area is 166 Å². The maximum absolute atomic E-state index is 12.8. The number of ether oxygens (including phenoxy) is 1. The van der Waals surface area contributed by atoms with E-state index in [1.54, 1.807) is 0 Å². The van der Waals surface area contributed by atoms with Gasteiger partial charge in [-0.15, -0.1) is 0 Å². The van der Waals surface area contributed by atoms with Gasteiger partial charge in [0.05, 0.1) is 24.2 Å². The van der Waals surface area contributed by atoms with Crippen LogP contribution < -0.4 is 5.32 Å². The monoisotopic (exact) mass is 385 g/mol. The number of piperidine rings is 1. The number of urea groups is 1. The third-order valence-electron chi connectivity index (χ3n) is 5.97. The van der Waals surface area contributed by atoms with Crippen molar-refractivity contribution >= 4 is 17.1 Å². The molecule has 1 aromatic heterocycles. The fourth-order valence-electron chi connectivity index (χ4n) is 4.34. The van der Waals surface area contributed by atoms with Crippen LogP contribution in [0.1, 0.15) is 25.1 Å². The summed E-state index contributed by atoms with van der Waals surface area (Å²) in [4.78, 5) is 22.0. The highest BCUT2D eigenvalue weighted by Crippen LogP contribution is 2.19. The molecule has 1 aromatic carbocycles. The molecule has 3 heterocycles. The van der Waals surface area contributed by atoms with Crippen LogP contribution in [0.25, 0.3) is 11.0 Å². The van der Waals surface area contributed by atoms with Crippen LogP contribution in [0.5, 0.6) is 0 Å². The van der Waals surface area contributed by atoms with Crippen LogP contribution in [0.15, 0.2) is 24.3 Å². The van der Waals surface area contributed by atoms with Crippen molar-refractivity contribution in [2.75, 3.05) is 45.9 Å². The van der Waals surface area contributed by atoms with Crippen molar-refractivity contribution in [1.29, 1.82) is 0 Å². The molecule has 4 rings (SSSR count). The highest BCUT2D eigenvalue weighted by molar-refractivity contribution is 5.76. The van der Waals surface area contributed by atoms with E-state index in [1.165, 1.54) is 6.42 Å². The van der Waals surface area contributed by atoms with Crippen LogP contribution in [-0.4, -0.2) is 77.4 Å². The highest BCUT2D eigenvalue weighted by atomic mass is 16.5. The number of rotatable bonds is 5. The summed E-state index contributed by atoms with van der Waals surface area (Å²) in [5.41, 5.74) is 2.14. The molecule has 0 spiro atoms. The standard InChI is InChI=1S/C21H31N5O2/c1-24-19-8-3-2-7-18(19)23-20(24)9-10-22-21(27)26-11-5-4-6-17(26)16-25-12-14-28-15-13-25/h2-3,7-8,17H,4-6,9-16H2,1H3,(H,22,27)/t17-/m1/s1. The predicted molar refractivity (Wildman–Crippen MR) is 109 cm³/mol. The van der Waals surface area contributed by atoms with Crippen LogP contribution in [-0.2, 0) is 18.2 Å². The lowest BCUT2D eigenvalue weighted by Gasteiger charge is -2.39. The molecule has 0 unspecified atom stereocenters. The number of para-hydroxylation sites is 2. The van der Waals surface area contributed by atoms with Crippen molar-refractivity contribution < 1.29 is 9.53 Å². The lowest BCUT2D eigenvalue weighted by Crippen LogP contribution is -2.54. The van der Waals surface area contributed by atoms with Crippen LogP contribution in [0.2, 0.25) is 0 Å². The van der Waals surface area contributed by atoms with Crippen LogP contribution in [0.3, 0.4) is 0 Å². The number of aromatic nitrogens is 2. The Hall–Kier alpha value is -2.12. The molecule has 28 heavy (non-hydrogen) atoms. The van der Waals surface area contributed by atoms with Gasteiger partial charge in [0, 0.05) is 52.2 Å². The summed E-state index contributed by atoms with van der Waals surface area (Å²) in [5.74, 6) is 1.00. The second kappa shape index (κ2) is 8.92. The zero-order valence-corrected chi connectivity index (χ0v) is 16.8. The molecule has 1 atom stereocenters. The second-order valence-corrected chi connectivity index (χ2v) is 7.81. The summed E-state index contributed by atoms with van der Waals surface area (Å²) in [6.07, 6.45) is 4.13. The number of carbonyl (C=O) groups excluding carboxylic acids is 1. The lowest BCUT2D eigenvalue weighted by atomic mass is 10.0. The first kappa shape index (κ1) is 19.2. The molecule has 7 heteroatoms. The van der Waals surface area contributed by atoms with E-state index >= 15 is 0 Å². The number of amides is 2. The molecule has 2 saturated heterocycles. The Balaban J connectivity index is 1.31. The average molecular weight is 386 g/mol. The number of hydrogen-bond donors (Lipinski definition) is 1. The Morgan fingerprint density at radius 1 is 1.21 bits per heavy atom. The summed E-state index contributed by atoms with van der Waals surface area (Å²) in [7, 11) is 2.04. The summed E-state index contributed by atoms with van der Waals surface area (Å²) >= 11 is 0. The first-order valence-electron chi connectivity index (χ1n) is 10.5. The number of carbonyl (C=O) groups is 1. The molecule has 1 N–H and O–H groups in total. The topological polar surface area (TPSA) is 62.6 Å². The smallest absolute Gasteiger partial charge is 0.317 e. The Kier molecular flexibility index (Phi) is 6.12. The van der Waals surface area contributed by atoms with Crippen LogP contribution >= 0.6 is 0 Å². The number of hydrogen-bond acceptors (Lipinski definition) is 4. The normalized spacial score (nSPS) is 21.2. The number of likely N-dealkylation sites (tertiary alicyclic amines) is 1. The zero-order valence-electron chi connectivity index (χ0n) is 16.8. The molecule has 0 radical (unpaired) electrons. The number of benzene rings is 1. The Morgan fingerprint density at radius 2 is 2.04 bits per heavy atom. The minimum Gasteiger partial charge on any atom is -0.379 e. The van der Waals surface area contributed by atoms with E-state index in [2.05, 4.69) is 20.9 Å². The van der Waals surface area contributed by atoms with E-state index in [4.69, 9.17) is 9.72 Å². The van der Waals surface area contributed by atoms with Crippen molar-refractivity contribution in [2.45, 2.75) is 31.7 Å². The van der Waals surface area contributed by atoms with Crippen LogP contribution in [0.4, 0.5) is 4.79 Å². The van der Waals surface area contributed by atoms with Gasteiger partial charge in [0.25, 0.3) is 0 Å². The maximum atomic E-state index is 12.8. The number of nitrogens with zero attached hydrogens (tertiary/aromatic N) is 4. The van der Waals surface area contributed by atoms with E-state index in [1.807, 2.05) is 30.1 Å². The molecule has 2 amide bonds. The molecule has 2 aliphatic heterocycles. The summed E-state index contributed by atoms with van der Waals surface area (Å²) in [6.45, 7) is 5.97. The zero-order chi connectivity index (χ0) is 19.3. The first-order valence-corrected chi connectivity index (χ1v) is 10.5. The van der Waals surface area contributed by atoms with Gasteiger partial charge >= 0.3 is 6.03 Å². The number of nitrogens with one attached hydrogen (secondary N) is 1. The van der Waals surface area contributed by atoms with E-state index < -0.39 is 0 Å². The molecule has 2 aliphatic rings. The van der Waals surface area contributed by atoms with Gasteiger partial charge in [-0.2, -0.15) is 0 Å². The van der Waals surface area contributed by atoms with Gasteiger partial charge in [-0.05, 0) is 31.4 Å². The fourth-order valence-corrected chi connectivity index (χ4v) is 4.34. The average Bonchev–Trinajstić information content (AvgIpc) is 3.05. The molecule has 2 aromatic rings. The molecule has 7 nitrogen and oxygen atoms in total. The summed E-state index contributed by atoms with van der Waals surface area (Å²) < 4.78 is 7.56. The van der Waals surface area contributed by atoms with Crippen molar-refractivity contribution in [1.82, 2.24) is 24.7 Å². The van der Waals surface area contributed by atoms with Gasteiger partial charge in [0.2, 0.25) is 0 Å². The molecule has 0 bridgehead atoms. The third kappa shape index (κ3) is 4.31. The molecule has 0 saturated carbocycles. The SMILES string of the molecule is Cn1c(CCNC(=O)N2CCCC[C@@H]2CN2CCOCC2)nc2ccccc21. The number of morpholine rings is 1. The minimum absolute atomic E-state index is 0.0664. The molecular formula is C21H31N5O2. The van der Waals surface area contributed by atoms with Gasteiger partial charge in [-0.3, -0.25) is 4.90 Å². The molecule has 2 fully saturated rings. The fraction of sp³-hybridized carbons (Fsp3) is 0.619. The molecular weight excluding hydrogens is 354 g/mol. The van der Waals surface area contributed by atoms with Crippen molar-refractivity contribution in [2.24, 2.45) is 7.05 Å². The highest BCUT2D eigenvalue weighted by Gasteiger charge is 2.28. The summed E-state index contributed by atoms with van der Waals surface area (Å²) in [5, 5.41) is 3.13. The number of imidazole rings is 1. The molecule has 152 valence electrons. The van der Waals surface area contributed by atoms with E-state index in [0.29, 0.717) is 12.6 Å². The summed E-state index contributed by atoms with van der Waals surface area (Å²) in [6, 6.07) is 8.52. The molecule has 0 aliphatic carbocycles. The van der Waals surface area contributed by atoms with Crippen LogP contribution in [0, 0.1) is 0 Å². The van der Waals surface area contributed by atoms with Crippen molar-refractivity contribution in [3.63, 3.8) is 0 Å². The van der Waals surface area contributed by atoms with Gasteiger partial charge in [-0.1, -0.05) is 12.1 Å². The quantitative estimate of drug-likeness (QED) is 0.855. The van der Waals surface area contributed by atoms with E-state index in [0.717, 1.165) is 75.5 Å². The van der Waals surface area contributed by atoms with Gasteiger partial charge in [-0.25, -0.2) is 9.78 Å². The maximum Gasteiger partial charge on any atom is 0.317 e. The van der Waals surface area contributed by atoms with Gasteiger partial charge < -0.3 is 19.5 Å². The third-order valence-corrected chi connectivity index (χ3v) is 5.97. The minimum atomic E-state index is 0.0664. The van der Waals surface area contributed by atoms with E-state index in [9.17, 15) is 4.79 Å². The van der Waals surface area contributed by atoms with Gasteiger partial charge in [0.15, 0.2) is 0 Å². The first-order chi connectivity index (χ1) is 13.7.